The third-order valence-corrected chi connectivity index (χ3v) is 5.27. The van der Waals surface area contributed by atoms with E-state index in [1.807, 2.05) is 6.92 Å². The summed E-state index contributed by atoms with van der Waals surface area (Å²) in [5, 5.41) is 2.80. The second-order valence-electron chi connectivity index (χ2n) is 6.64. The van der Waals surface area contributed by atoms with Crippen molar-refractivity contribution >= 4 is 5.91 Å². The summed E-state index contributed by atoms with van der Waals surface area (Å²) in [7, 11) is 0. The third kappa shape index (κ3) is 2.85. The molecule has 2 nitrogen and oxygen atoms in total. The maximum atomic E-state index is 13.0. The van der Waals surface area contributed by atoms with E-state index >= 15 is 0 Å². The van der Waals surface area contributed by atoms with Gasteiger partial charge in [-0.25, -0.2) is 0 Å². The first-order chi connectivity index (χ1) is 10.4. The predicted molar refractivity (Wildman–Crippen MR) is 77.3 cm³/mol. The number of hydrogen-bond acceptors (Lipinski definition) is 1. The molecule has 1 amide bonds. The number of halogens is 3. The van der Waals surface area contributed by atoms with E-state index < -0.39 is 17.6 Å². The quantitative estimate of drug-likeness (QED) is 0.888. The molecule has 5 heteroatoms. The van der Waals surface area contributed by atoms with Crippen LogP contribution in [0, 0.1) is 17.8 Å². The van der Waals surface area contributed by atoms with Crippen LogP contribution in [0.15, 0.2) is 24.3 Å². The fraction of sp³-hybridized carbons (Fsp3) is 0.588. The zero-order chi connectivity index (χ0) is 15.9. The van der Waals surface area contributed by atoms with E-state index in [0.29, 0.717) is 11.8 Å². The van der Waals surface area contributed by atoms with E-state index in [0.717, 1.165) is 18.4 Å². The summed E-state index contributed by atoms with van der Waals surface area (Å²) in [6.07, 6.45) is 0.244. The molecule has 1 aromatic carbocycles. The molecule has 2 saturated carbocycles. The normalized spacial score (nSPS) is 28.6. The second kappa shape index (κ2) is 5.60. The van der Waals surface area contributed by atoms with Gasteiger partial charge in [0.25, 0.3) is 5.91 Å². The number of amides is 1. The number of fused-ring (bicyclic) bond motifs is 2. The molecular formula is C17H20F3NO. The van der Waals surface area contributed by atoms with E-state index in [2.05, 4.69) is 5.32 Å². The summed E-state index contributed by atoms with van der Waals surface area (Å²) in [5.41, 5.74) is -1.15. The average molecular weight is 311 g/mol. The number of carbonyl (C=O) groups is 1. The summed E-state index contributed by atoms with van der Waals surface area (Å²) in [6, 6.07) is 4.89. The highest BCUT2D eigenvalue weighted by Crippen LogP contribution is 2.49. The molecule has 0 saturated heterocycles. The largest absolute Gasteiger partial charge is 0.417 e. The van der Waals surface area contributed by atoms with Crippen molar-refractivity contribution in [3.8, 4) is 0 Å². The number of hydrogen-bond donors (Lipinski definition) is 1. The second-order valence-corrected chi connectivity index (χ2v) is 6.64. The van der Waals surface area contributed by atoms with Crippen LogP contribution in [0.4, 0.5) is 13.2 Å². The van der Waals surface area contributed by atoms with Crippen LogP contribution in [0.25, 0.3) is 0 Å². The summed E-state index contributed by atoms with van der Waals surface area (Å²) < 4.78 is 39.0. The molecule has 0 aliphatic heterocycles. The fourth-order valence-corrected chi connectivity index (χ4v) is 4.23. The topological polar surface area (TPSA) is 29.1 Å². The number of nitrogens with one attached hydrogen (secondary N) is 1. The van der Waals surface area contributed by atoms with Crippen molar-refractivity contribution in [3.63, 3.8) is 0 Å². The molecule has 2 aliphatic carbocycles. The van der Waals surface area contributed by atoms with Crippen molar-refractivity contribution in [2.45, 2.75) is 44.8 Å². The van der Waals surface area contributed by atoms with Crippen molar-refractivity contribution in [2.75, 3.05) is 0 Å². The van der Waals surface area contributed by atoms with Gasteiger partial charge in [-0.1, -0.05) is 18.6 Å². The highest BCUT2D eigenvalue weighted by atomic mass is 19.4. The maximum absolute atomic E-state index is 13.0. The number of alkyl halides is 3. The first-order valence-corrected chi connectivity index (χ1v) is 7.83. The Kier molecular flexibility index (Phi) is 3.91. The maximum Gasteiger partial charge on any atom is 0.417 e. The molecule has 1 aromatic rings. The van der Waals surface area contributed by atoms with Crippen molar-refractivity contribution in [1.29, 1.82) is 0 Å². The molecule has 1 N–H and O–H groups in total. The number of rotatable bonds is 3. The first-order valence-electron chi connectivity index (χ1n) is 7.83. The molecule has 0 aromatic heterocycles. The smallest absolute Gasteiger partial charge is 0.349 e. The van der Waals surface area contributed by atoms with Gasteiger partial charge in [0, 0.05) is 6.04 Å². The van der Waals surface area contributed by atoms with E-state index in [1.165, 1.54) is 37.5 Å². The standard InChI is InChI=1S/C17H20F3NO/c1-10(14-9-11-6-7-12(14)8-11)21-16(22)13-4-2-3-5-15(13)17(18,19)20/h2-5,10-12,14H,6-9H2,1H3,(H,21,22). The Labute approximate surface area is 128 Å². The van der Waals surface area contributed by atoms with Gasteiger partial charge < -0.3 is 5.32 Å². The van der Waals surface area contributed by atoms with Gasteiger partial charge in [0.05, 0.1) is 11.1 Å². The van der Waals surface area contributed by atoms with Crippen LogP contribution in [-0.2, 0) is 6.18 Å². The monoisotopic (exact) mass is 311 g/mol. The molecule has 22 heavy (non-hydrogen) atoms. The van der Waals surface area contributed by atoms with Gasteiger partial charge in [-0.2, -0.15) is 13.2 Å². The van der Waals surface area contributed by atoms with Gasteiger partial charge in [0.2, 0.25) is 0 Å². The van der Waals surface area contributed by atoms with Gasteiger partial charge in [0.1, 0.15) is 0 Å². The zero-order valence-electron chi connectivity index (χ0n) is 12.5. The number of carbonyl (C=O) groups excluding carboxylic acids is 1. The zero-order valence-corrected chi connectivity index (χ0v) is 12.5. The molecule has 0 radical (unpaired) electrons. The lowest BCUT2D eigenvalue weighted by Gasteiger charge is -2.28. The van der Waals surface area contributed by atoms with Gasteiger partial charge in [-0.05, 0) is 56.1 Å². The van der Waals surface area contributed by atoms with Gasteiger partial charge in [-0.15, -0.1) is 0 Å². The Balaban J connectivity index is 1.72. The first kappa shape index (κ1) is 15.4. The Hall–Kier alpha value is -1.52. The Bertz CT molecular complexity index is 569. The van der Waals surface area contributed by atoms with Gasteiger partial charge in [0.15, 0.2) is 0 Å². The summed E-state index contributed by atoms with van der Waals surface area (Å²) >= 11 is 0. The molecule has 4 atom stereocenters. The minimum Gasteiger partial charge on any atom is -0.349 e. The Morgan fingerprint density at radius 1 is 1.23 bits per heavy atom. The SMILES string of the molecule is CC(NC(=O)c1ccccc1C(F)(F)F)C1CC2CCC1C2. The molecule has 3 rings (SSSR count). The van der Waals surface area contributed by atoms with Crippen molar-refractivity contribution in [3.05, 3.63) is 35.4 Å². The molecule has 2 fully saturated rings. The lowest BCUT2D eigenvalue weighted by Crippen LogP contribution is -2.40. The lowest BCUT2D eigenvalue weighted by atomic mass is 9.84. The van der Waals surface area contributed by atoms with E-state index in [-0.39, 0.29) is 11.6 Å². The van der Waals surface area contributed by atoms with Crippen molar-refractivity contribution in [1.82, 2.24) is 5.32 Å². The van der Waals surface area contributed by atoms with Crippen LogP contribution in [-0.4, -0.2) is 11.9 Å². The van der Waals surface area contributed by atoms with E-state index in [9.17, 15) is 18.0 Å². The van der Waals surface area contributed by atoms with E-state index in [1.54, 1.807) is 0 Å². The minimum absolute atomic E-state index is 0.0795. The van der Waals surface area contributed by atoms with Crippen LogP contribution >= 0.6 is 0 Å². The minimum atomic E-state index is -4.51. The van der Waals surface area contributed by atoms with Crippen LogP contribution in [0.5, 0.6) is 0 Å². The summed E-state index contributed by atoms with van der Waals surface area (Å²) in [5.74, 6) is 1.15. The van der Waals surface area contributed by atoms with Crippen LogP contribution in [0.3, 0.4) is 0 Å². The van der Waals surface area contributed by atoms with Crippen LogP contribution < -0.4 is 5.32 Å². The Morgan fingerprint density at radius 2 is 1.95 bits per heavy atom. The molecule has 2 aliphatic rings. The molecular weight excluding hydrogens is 291 g/mol. The van der Waals surface area contributed by atoms with E-state index in [4.69, 9.17) is 0 Å². The van der Waals surface area contributed by atoms with Crippen molar-refractivity contribution in [2.24, 2.45) is 17.8 Å². The molecule has 4 unspecified atom stereocenters. The summed E-state index contributed by atoms with van der Waals surface area (Å²) in [6.45, 7) is 1.92. The predicted octanol–water partition coefficient (Wildman–Crippen LogP) is 4.26. The van der Waals surface area contributed by atoms with Crippen LogP contribution in [0.2, 0.25) is 0 Å². The third-order valence-electron chi connectivity index (χ3n) is 5.27. The fourth-order valence-electron chi connectivity index (χ4n) is 4.23. The molecule has 0 spiro atoms. The molecule has 2 bridgehead atoms. The molecule has 0 heterocycles. The van der Waals surface area contributed by atoms with Gasteiger partial charge in [-0.3, -0.25) is 4.79 Å². The van der Waals surface area contributed by atoms with Crippen molar-refractivity contribution < 1.29 is 18.0 Å². The average Bonchev–Trinajstić information content (AvgIpc) is 3.09. The lowest BCUT2D eigenvalue weighted by molar-refractivity contribution is -0.137. The van der Waals surface area contributed by atoms with Gasteiger partial charge >= 0.3 is 6.18 Å². The Morgan fingerprint density at radius 3 is 2.55 bits per heavy atom. The highest BCUT2D eigenvalue weighted by molar-refractivity contribution is 5.96. The number of benzene rings is 1. The summed E-state index contributed by atoms with van der Waals surface area (Å²) in [4.78, 5) is 12.3. The van der Waals surface area contributed by atoms with Crippen LogP contribution in [0.1, 0.15) is 48.5 Å². The highest BCUT2D eigenvalue weighted by Gasteiger charge is 2.42. The molecule has 120 valence electrons.